The number of rotatable bonds is 13. The Morgan fingerprint density at radius 2 is 1.79 bits per heavy atom. The minimum absolute atomic E-state index is 0.116. The number of hydrogen-bond donors (Lipinski definition) is 0. The Hall–Kier alpha value is -0.163. The lowest BCUT2D eigenvalue weighted by Crippen LogP contribution is -2.49. The molecule has 0 amide bonds. The zero-order valence-corrected chi connectivity index (χ0v) is 24.8. The van der Waals surface area contributed by atoms with E-state index in [9.17, 15) is 0 Å². The third-order valence-corrected chi connectivity index (χ3v) is 13.7. The van der Waals surface area contributed by atoms with E-state index < -0.39 is 8.32 Å². The Morgan fingerprint density at radius 1 is 1.12 bits per heavy atom. The van der Waals surface area contributed by atoms with Crippen LogP contribution in [0.2, 0.25) is 18.1 Å². The average molecular weight is 481 g/mol. The summed E-state index contributed by atoms with van der Waals surface area (Å²) in [4.78, 5) is 0. The van der Waals surface area contributed by atoms with Gasteiger partial charge in [-0.05, 0) is 87.8 Å². The van der Waals surface area contributed by atoms with Crippen LogP contribution in [-0.4, -0.2) is 33.9 Å². The largest absolute Gasteiger partial charge is 0.414 e. The first-order valence-electron chi connectivity index (χ1n) is 13.8. The highest BCUT2D eigenvalue weighted by molar-refractivity contribution is 6.74. The van der Waals surface area contributed by atoms with Crippen molar-refractivity contribution < 1.29 is 13.9 Å². The minimum atomic E-state index is -1.76. The van der Waals surface area contributed by atoms with Crippen LogP contribution in [0.25, 0.3) is 0 Å². The molecule has 0 heterocycles. The number of ether oxygens (including phenoxy) is 2. The molecule has 194 valence electrons. The van der Waals surface area contributed by atoms with Gasteiger partial charge in [-0.25, -0.2) is 0 Å². The van der Waals surface area contributed by atoms with E-state index in [1.807, 2.05) is 0 Å². The number of unbranched alkanes of at least 4 members (excludes halogenated alkanes) is 1. The molecule has 33 heavy (non-hydrogen) atoms. The van der Waals surface area contributed by atoms with Crippen LogP contribution in [0.1, 0.15) is 113 Å². The minimum Gasteiger partial charge on any atom is -0.414 e. The fraction of sp³-hybridized carbons (Fsp3) is 0.931. The van der Waals surface area contributed by atoms with Crippen molar-refractivity contribution in [3.63, 3.8) is 0 Å². The van der Waals surface area contributed by atoms with Gasteiger partial charge in [-0.3, -0.25) is 0 Å². The number of hydrogen-bond acceptors (Lipinski definition) is 3. The van der Waals surface area contributed by atoms with Crippen molar-refractivity contribution in [1.82, 2.24) is 0 Å². The SMILES string of the molecule is CCCC[C@H](CCCC(C)(C)OCOC)C1=CC[C@H]2[C@@H](O[Si](C)(C)C(C)(C)C)CCC[C@]12C. The molecule has 1 fully saturated rings. The van der Waals surface area contributed by atoms with Gasteiger partial charge >= 0.3 is 0 Å². The van der Waals surface area contributed by atoms with Crippen LogP contribution in [0.4, 0.5) is 0 Å². The fourth-order valence-electron chi connectivity index (χ4n) is 6.02. The summed E-state index contributed by atoms with van der Waals surface area (Å²) < 4.78 is 18.1. The van der Waals surface area contributed by atoms with Crippen molar-refractivity contribution >= 4 is 8.32 Å². The molecular formula is C29H56O3Si. The lowest BCUT2D eigenvalue weighted by atomic mass is 9.62. The third-order valence-electron chi connectivity index (χ3n) is 9.20. The summed E-state index contributed by atoms with van der Waals surface area (Å²) in [5, 5.41) is 0.275. The molecular weight excluding hydrogens is 424 g/mol. The van der Waals surface area contributed by atoms with E-state index >= 15 is 0 Å². The number of fused-ring (bicyclic) bond motifs is 1. The molecule has 3 nitrogen and oxygen atoms in total. The molecule has 0 bridgehead atoms. The molecule has 4 atom stereocenters. The Bertz CT molecular complexity index is 633. The standard InChI is InChI=1S/C29H56O3Si/c1-11-12-15-23(16-13-20-28(5,6)31-22-30-8)24-18-19-25-26(17-14-21-29(24,25)7)32-33(9,10)27(2,3)4/h18,23,25-26H,11-17,19-22H2,1-10H3/t23-,25+,26+,29-/m1/s1. The summed E-state index contributed by atoms with van der Waals surface area (Å²) in [6.07, 6.45) is 15.7. The molecule has 0 spiro atoms. The van der Waals surface area contributed by atoms with Crippen LogP contribution >= 0.6 is 0 Å². The lowest BCUT2D eigenvalue weighted by Gasteiger charge is -2.49. The van der Waals surface area contributed by atoms with E-state index in [-0.39, 0.29) is 10.6 Å². The molecule has 2 aliphatic carbocycles. The molecule has 1 saturated carbocycles. The van der Waals surface area contributed by atoms with Crippen LogP contribution in [0.5, 0.6) is 0 Å². The molecule has 0 aromatic heterocycles. The molecule has 2 rings (SSSR count). The van der Waals surface area contributed by atoms with Crippen LogP contribution in [0.3, 0.4) is 0 Å². The maximum absolute atomic E-state index is 7.07. The summed E-state index contributed by atoms with van der Waals surface area (Å²) in [6, 6.07) is 0. The predicted octanol–water partition coefficient (Wildman–Crippen LogP) is 8.89. The molecule has 2 aliphatic rings. The maximum Gasteiger partial charge on any atom is 0.192 e. The zero-order valence-electron chi connectivity index (χ0n) is 23.8. The first-order valence-corrected chi connectivity index (χ1v) is 16.7. The summed E-state index contributed by atoms with van der Waals surface area (Å²) in [6.45, 7) is 21.7. The van der Waals surface area contributed by atoms with Crippen molar-refractivity contribution in [2.75, 3.05) is 13.9 Å². The van der Waals surface area contributed by atoms with E-state index in [0.29, 0.717) is 30.1 Å². The van der Waals surface area contributed by atoms with Crippen LogP contribution in [-0.2, 0) is 13.9 Å². The van der Waals surface area contributed by atoms with E-state index in [0.717, 1.165) is 6.42 Å². The van der Waals surface area contributed by atoms with Gasteiger partial charge in [0.05, 0.1) is 5.60 Å². The maximum atomic E-state index is 7.07. The summed E-state index contributed by atoms with van der Waals surface area (Å²) >= 11 is 0. The average Bonchev–Trinajstić information content (AvgIpc) is 3.06. The van der Waals surface area contributed by atoms with E-state index in [2.05, 4.69) is 67.6 Å². The second-order valence-corrected chi connectivity index (χ2v) is 18.0. The first kappa shape index (κ1) is 29.1. The van der Waals surface area contributed by atoms with Gasteiger partial charge in [0.25, 0.3) is 0 Å². The first-order chi connectivity index (χ1) is 15.3. The fourth-order valence-corrected chi connectivity index (χ4v) is 7.42. The summed E-state index contributed by atoms with van der Waals surface area (Å²) in [5.74, 6) is 1.38. The van der Waals surface area contributed by atoms with Gasteiger partial charge in [-0.15, -0.1) is 0 Å². The van der Waals surface area contributed by atoms with Gasteiger partial charge in [0.2, 0.25) is 0 Å². The van der Waals surface area contributed by atoms with Crippen molar-refractivity contribution in [3.8, 4) is 0 Å². The number of methoxy groups -OCH3 is 1. The van der Waals surface area contributed by atoms with Gasteiger partial charge in [0, 0.05) is 13.2 Å². The Labute approximate surface area is 207 Å². The van der Waals surface area contributed by atoms with Crippen molar-refractivity contribution in [1.29, 1.82) is 0 Å². The normalized spacial score (nSPS) is 27.4. The molecule has 0 saturated heterocycles. The van der Waals surface area contributed by atoms with Crippen molar-refractivity contribution in [2.45, 2.75) is 143 Å². The van der Waals surface area contributed by atoms with E-state index in [1.165, 1.54) is 57.8 Å². The van der Waals surface area contributed by atoms with Gasteiger partial charge in [0.15, 0.2) is 8.32 Å². The molecule has 0 aliphatic heterocycles. The highest BCUT2D eigenvalue weighted by atomic mass is 28.4. The smallest absolute Gasteiger partial charge is 0.192 e. The highest BCUT2D eigenvalue weighted by Gasteiger charge is 2.51. The second-order valence-electron chi connectivity index (χ2n) is 13.3. The molecule has 0 unspecified atom stereocenters. The van der Waals surface area contributed by atoms with Crippen LogP contribution in [0, 0.1) is 17.3 Å². The Kier molecular flexibility index (Phi) is 10.3. The molecule has 0 aromatic rings. The van der Waals surface area contributed by atoms with E-state index in [4.69, 9.17) is 13.9 Å². The molecule has 0 aromatic carbocycles. The highest BCUT2D eigenvalue weighted by Crippen LogP contribution is 2.57. The molecule has 4 heteroatoms. The lowest BCUT2D eigenvalue weighted by molar-refractivity contribution is -0.118. The molecule has 0 radical (unpaired) electrons. The van der Waals surface area contributed by atoms with Gasteiger partial charge < -0.3 is 13.9 Å². The van der Waals surface area contributed by atoms with E-state index in [1.54, 1.807) is 12.7 Å². The zero-order chi connectivity index (χ0) is 24.9. The molecule has 0 N–H and O–H groups in total. The third kappa shape index (κ3) is 7.41. The van der Waals surface area contributed by atoms with Gasteiger partial charge in [-0.1, -0.05) is 72.0 Å². The van der Waals surface area contributed by atoms with Gasteiger partial charge in [-0.2, -0.15) is 0 Å². The van der Waals surface area contributed by atoms with Crippen LogP contribution < -0.4 is 0 Å². The van der Waals surface area contributed by atoms with Gasteiger partial charge in [0.1, 0.15) is 6.79 Å². The topological polar surface area (TPSA) is 27.7 Å². The Balaban J connectivity index is 2.11. The van der Waals surface area contributed by atoms with Crippen molar-refractivity contribution in [3.05, 3.63) is 11.6 Å². The quantitative estimate of drug-likeness (QED) is 0.150. The summed E-state index contributed by atoms with van der Waals surface area (Å²) in [7, 11) is -0.0546. The second kappa shape index (κ2) is 11.7. The Morgan fingerprint density at radius 3 is 2.39 bits per heavy atom. The summed E-state index contributed by atoms with van der Waals surface area (Å²) in [5.41, 5.74) is 1.99. The monoisotopic (exact) mass is 480 g/mol. The predicted molar refractivity (Wildman–Crippen MR) is 144 cm³/mol. The van der Waals surface area contributed by atoms with Crippen LogP contribution in [0.15, 0.2) is 11.6 Å². The number of allylic oxidation sites excluding steroid dienone is 2. The van der Waals surface area contributed by atoms with Crippen molar-refractivity contribution in [2.24, 2.45) is 17.3 Å².